The average Bonchev–Trinajstić information content (AvgIpc) is 3.19. The summed E-state index contributed by atoms with van der Waals surface area (Å²) >= 11 is 0. The van der Waals surface area contributed by atoms with Gasteiger partial charge in [0.05, 0.1) is 18.3 Å². The smallest absolute Gasteiger partial charge is 0.261 e. The number of nitrogens with one attached hydrogen (secondary N) is 1. The number of halogens is 1. The van der Waals surface area contributed by atoms with Crippen LogP contribution in [-0.4, -0.2) is 34.9 Å². The Morgan fingerprint density at radius 3 is 2.57 bits per heavy atom. The fourth-order valence-corrected chi connectivity index (χ4v) is 2.98. The summed E-state index contributed by atoms with van der Waals surface area (Å²) in [7, 11) is 1.94. The second-order valence-corrected chi connectivity index (χ2v) is 7.13. The van der Waals surface area contributed by atoms with Crippen LogP contribution >= 0.6 is 0 Å². The summed E-state index contributed by atoms with van der Waals surface area (Å²) in [5, 5.41) is 10.5. The Bertz CT molecular complexity index is 926. The molecule has 0 saturated heterocycles. The molecule has 0 aliphatic heterocycles. The highest BCUT2D eigenvalue weighted by Gasteiger charge is 2.22. The summed E-state index contributed by atoms with van der Waals surface area (Å²) in [5.41, 5.74) is 2.54. The van der Waals surface area contributed by atoms with E-state index in [1.54, 1.807) is 23.2 Å². The molecule has 1 amide bonds. The van der Waals surface area contributed by atoms with E-state index >= 15 is 0 Å². The molecule has 0 spiro atoms. The molecule has 1 N–H and O–H groups in total. The van der Waals surface area contributed by atoms with Gasteiger partial charge in [-0.05, 0) is 36.2 Å². The molecule has 0 radical (unpaired) electrons. The minimum atomic E-state index is -0.513. The van der Waals surface area contributed by atoms with E-state index in [0.717, 1.165) is 17.1 Å². The Morgan fingerprint density at radius 2 is 1.89 bits per heavy atom. The van der Waals surface area contributed by atoms with Crippen LogP contribution in [-0.2, 0) is 6.54 Å². The highest BCUT2D eigenvalue weighted by molar-refractivity contribution is 6.06. The molecule has 28 heavy (non-hydrogen) atoms. The van der Waals surface area contributed by atoms with Gasteiger partial charge in [-0.1, -0.05) is 32.0 Å². The molecule has 0 fully saturated rings. The number of rotatable bonds is 7. The number of hydrogen-bond donors (Lipinski definition) is 1. The molecule has 0 saturated carbocycles. The van der Waals surface area contributed by atoms with Crippen LogP contribution in [0.15, 0.2) is 54.7 Å². The molecule has 6 nitrogen and oxygen atoms in total. The number of anilines is 2. The Labute approximate surface area is 164 Å². The maximum absolute atomic E-state index is 14.2. The highest BCUT2D eigenvalue weighted by Crippen LogP contribution is 2.25. The van der Waals surface area contributed by atoms with E-state index < -0.39 is 5.82 Å². The molecule has 0 unspecified atom stereocenters. The van der Waals surface area contributed by atoms with Crippen molar-refractivity contribution >= 4 is 17.3 Å². The average molecular weight is 381 g/mol. The molecule has 3 rings (SSSR count). The normalized spacial score (nSPS) is 10.9. The summed E-state index contributed by atoms with van der Waals surface area (Å²) in [4.78, 5) is 16.7. The lowest BCUT2D eigenvalue weighted by molar-refractivity contribution is 0.0980. The van der Waals surface area contributed by atoms with Crippen molar-refractivity contribution in [1.29, 1.82) is 0 Å². The number of hydrogen-bond acceptors (Lipinski definition) is 4. The monoisotopic (exact) mass is 381 g/mol. The van der Waals surface area contributed by atoms with Crippen LogP contribution in [0.5, 0.6) is 0 Å². The topological polar surface area (TPSA) is 65.1 Å². The van der Waals surface area contributed by atoms with Gasteiger partial charge in [0, 0.05) is 25.0 Å². The summed E-state index contributed by atoms with van der Waals surface area (Å²) in [6.07, 6.45) is 1.67. The molecule has 0 bridgehead atoms. The van der Waals surface area contributed by atoms with Gasteiger partial charge in [-0.3, -0.25) is 4.79 Å². The Kier molecular flexibility index (Phi) is 6.03. The van der Waals surface area contributed by atoms with Crippen LogP contribution in [0.3, 0.4) is 0 Å². The lowest BCUT2D eigenvalue weighted by Crippen LogP contribution is -2.35. The Morgan fingerprint density at radius 1 is 1.14 bits per heavy atom. The van der Waals surface area contributed by atoms with Gasteiger partial charge < -0.3 is 9.80 Å². The number of nitrogens with zero attached hydrogens (tertiary/aromatic N) is 4. The summed E-state index contributed by atoms with van der Waals surface area (Å²) < 4.78 is 14.2. The highest BCUT2D eigenvalue weighted by atomic mass is 19.1. The first-order valence-corrected chi connectivity index (χ1v) is 9.18. The van der Waals surface area contributed by atoms with Crippen molar-refractivity contribution in [3.8, 4) is 0 Å². The number of H-pyrrole nitrogens is 1. The van der Waals surface area contributed by atoms with Crippen LogP contribution in [0, 0.1) is 11.7 Å². The minimum Gasteiger partial charge on any atom is -0.368 e. The number of carbonyl (C=O) groups excluding carboxylic acids is 1. The van der Waals surface area contributed by atoms with Gasteiger partial charge in [0.25, 0.3) is 5.91 Å². The number of amides is 1. The third-order valence-corrected chi connectivity index (χ3v) is 4.34. The lowest BCUT2D eigenvalue weighted by atomic mass is 10.1. The molecule has 2 aromatic carbocycles. The number of aromatic amines is 1. The van der Waals surface area contributed by atoms with Crippen LogP contribution in [0.1, 0.15) is 29.9 Å². The quantitative estimate of drug-likeness (QED) is 0.674. The van der Waals surface area contributed by atoms with Gasteiger partial charge in [0.2, 0.25) is 0 Å². The predicted molar refractivity (Wildman–Crippen MR) is 108 cm³/mol. The third kappa shape index (κ3) is 4.54. The fraction of sp³-hybridized carbons (Fsp3) is 0.286. The van der Waals surface area contributed by atoms with E-state index in [2.05, 4.69) is 15.4 Å². The van der Waals surface area contributed by atoms with Crippen molar-refractivity contribution in [1.82, 2.24) is 15.4 Å². The Hall–Kier alpha value is -3.22. The van der Waals surface area contributed by atoms with Crippen LogP contribution < -0.4 is 9.80 Å². The van der Waals surface area contributed by atoms with Crippen molar-refractivity contribution in [2.24, 2.45) is 5.92 Å². The molecule has 146 valence electrons. The minimum absolute atomic E-state index is 0.0736. The maximum atomic E-state index is 14.2. The lowest BCUT2D eigenvalue weighted by Gasteiger charge is -2.27. The van der Waals surface area contributed by atoms with Gasteiger partial charge >= 0.3 is 0 Å². The van der Waals surface area contributed by atoms with Crippen molar-refractivity contribution in [2.45, 2.75) is 20.4 Å². The van der Waals surface area contributed by atoms with Crippen LogP contribution in [0.2, 0.25) is 0 Å². The molecular weight excluding hydrogens is 357 g/mol. The van der Waals surface area contributed by atoms with Gasteiger partial charge in [-0.2, -0.15) is 15.4 Å². The van der Waals surface area contributed by atoms with Gasteiger partial charge in [0.1, 0.15) is 11.5 Å². The van der Waals surface area contributed by atoms with Gasteiger partial charge in [-0.15, -0.1) is 0 Å². The first-order chi connectivity index (χ1) is 13.5. The summed E-state index contributed by atoms with van der Waals surface area (Å²) in [6.45, 7) is 5.12. The molecule has 1 heterocycles. The Balaban J connectivity index is 1.90. The summed E-state index contributed by atoms with van der Waals surface area (Å²) in [6, 6.07) is 13.7. The number of aromatic nitrogens is 3. The molecule has 0 aliphatic rings. The van der Waals surface area contributed by atoms with E-state index in [1.165, 1.54) is 12.1 Å². The molecular formula is C21H24FN5O. The van der Waals surface area contributed by atoms with Crippen LogP contribution in [0.25, 0.3) is 0 Å². The zero-order chi connectivity index (χ0) is 20.1. The van der Waals surface area contributed by atoms with E-state index in [0.29, 0.717) is 13.1 Å². The van der Waals surface area contributed by atoms with Crippen molar-refractivity contribution in [2.75, 3.05) is 23.4 Å². The first kappa shape index (κ1) is 19.5. The number of carbonyl (C=O) groups is 1. The molecule has 3 aromatic rings. The largest absolute Gasteiger partial charge is 0.368 e. The van der Waals surface area contributed by atoms with E-state index in [4.69, 9.17) is 0 Å². The number of benzene rings is 2. The van der Waals surface area contributed by atoms with Crippen molar-refractivity contribution in [3.63, 3.8) is 0 Å². The van der Waals surface area contributed by atoms with E-state index in [9.17, 15) is 9.18 Å². The first-order valence-electron chi connectivity index (χ1n) is 9.18. The summed E-state index contributed by atoms with van der Waals surface area (Å²) in [5.74, 6) is -0.629. The molecule has 0 atom stereocenters. The SMILES string of the molecule is CC(C)CN(C(=O)c1ccccc1F)c1cccc(N(C)Cc2cn[nH]n2)c1. The standard InChI is InChI=1S/C21H24FN5O/c1-15(2)13-27(21(28)19-9-4-5-10-20(19)22)18-8-6-7-17(11-18)26(3)14-16-12-23-25-24-16/h4-12,15H,13-14H2,1-3H3,(H,23,24,25). The molecule has 1 aromatic heterocycles. The third-order valence-electron chi connectivity index (χ3n) is 4.34. The zero-order valence-corrected chi connectivity index (χ0v) is 16.3. The second kappa shape index (κ2) is 8.65. The predicted octanol–water partition coefficient (Wildman–Crippen LogP) is 3.88. The van der Waals surface area contributed by atoms with Crippen molar-refractivity contribution in [3.05, 3.63) is 71.8 Å². The molecule has 7 heteroatoms. The van der Waals surface area contributed by atoms with Gasteiger partial charge in [0.15, 0.2) is 0 Å². The van der Waals surface area contributed by atoms with Crippen molar-refractivity contribution < 1.29 is 9.18 Å². The second-order valence-electron chi connectivity index (χ2n) is 7.13. The zero-order valence-electron chi connectivity index (χ0n) is 16.3. The molecule has 0 aliphatic carbocycles. The van der Waals surface area contributed by atoms with Crippen LogP contribution in [0.4, 0.5) is 15.8 Å². The van der Waals surface area contributed by atoms with E-state index in [-0.39, 0.29) is 17.4 Å². The van der Waals surface area contributed by atoms with Gasteiger partial charge in [-0.25, -0.2) is 4.39 Å². The van der Waals surface area contributed by atoms with E-state index in [1.807, 2.05) is 50.1 Å². The fourth-order valence-electron chi connectivity index (χ4n) is 2.98. The maximum Gasteiger partial charge on any atom is 0.261 e.